The van der Waals surface area contributed by atoms with Crippen LogP contribution in [0.25, 0.3) is 11.0 Å². The highest BCUT2D eigenvalue weighted by atomic mass is 16.1. The third-order valence-electron chi connectivity index (χ3n) is 2.52. The van der Waals surface area contributed by atoms with Crippen LogP contribution in [0.2, 0.25) is 0 Å². The summed E-state index contributed by atoms with van der Waals surface area (Å²) in [5.74, 6) is 0. The summed E-state index contributed by atoms with van der Waals surface area (Å²) < 4.78 is 2.03. The Morgan fingerprint density at radius 2 is 2.20 bits per heavy atom. The lowest BCUT2D eigenvalue weighted by Gasteiger charge is -2.07. The first kappa shape index (κ1) is 9.90. The zero-order chi connectivity index (χ0) is 11.0. The predicted molar refractivity (Wildman–Crippen MR) is 60.2 cm³/mol. The van der Waals surface area contributed by atoms with E-state index in [1.165, 1.54) is 0 Å². The molecule has 2 rings (SSSR count). The van der Waals surface area contributed by atoms with Gasteiger partial charge in [0.15, 0.2) is 6.29 Å². The quantitative estimate of drug-likeness (QED) is 0.702. The molecule has 0 fully saturated rings. The van der Waals surface area contributed by atoms with Crippen LogP contribution < -0.4 is 0 Å². The Kier molecular flexibility index (Phi) is 2.31. The van der Waals surface area contributed by atoms with E-state index in [1.54, 1.807) is 0 Å². The maximum atomic E-state index is 10.9. The van der Waals surface area contributed by atoms with E-state index < -0.39 is 0 Å². The molecule has 0 aliphatic heterocycles. The number of aldehydes is 1. The molecule has 3 nitrogen and oxygen atoms in total. The Morgan fingerprint density at radius 1 is 1.47 bits per heavy atom. The van der Waals surface area contributed by atoms with Gasteiger partial charge in [0.2, 0.25) is 0 Å². The van der Waals surface area contributed by atoms with E-state index in [4.69, 9.17) is 0 Å². The average Bonchev–Trinajstić information content (AvgIpc) is 2.55. The minimum atomic E-state index is 0.316. The van der Waals surface area contributed by atoms with Crippen LogP contribution in [0, 0.1) is 6.92 Å². The third kappa shape index (κ3) is 1.54. The van der Waals surface area contributed by atoms with E-state index in [0.717, 1.165) is 28.4 Å². The number of aromatic nitrogens is 2. The maximum absolute atomic E-state index is 10.9. The largest absolute Gasteiger partial charge is 0.329 e. The number of hydrogen-bond acceptors (Lipinski definition) is 2. The Bertz CT molecular complexity index is 512. The normalized spacial score (nSPS) is 11.2. The summed E-state index contributed by atoms with van der Waals surface area (Å²) in [6, 6.07) is 2.32. The molecule has 0 aliphatic rings. The van der Waals surface area contributed by atoms with E-state index in [0.29, 0.717) is 6.04 Å². The number of carbonyl (C=O) groups is 1. The molecule has 0 saturated heterocycles. The molecular weight excluding hydrogens is 188 g/mol. The van der Waals surface area contributed by atoms with Crippen LogP contribution in [0.1, 0.15) is 35.8 Å². The Labute approximate surface area is 88.7 Å². The number of hydrogen-bond donors (Lipinski definition) is 0. The Morgan fingerprint density at radius 3 is 2.80 bits per heavy atom. The molecule has 0 saturated carbocycles. The van der Waals surface area contributed by atoms with Gasteiger partial charge in [-0.3, -0.25) is 4.79 Å². The van der Waals surface area contributed by atoms with Crippen molar-refractivity contribution in [1.82, 2.24) is 9.55 Å². The highest BCUT2D eigenvalue weighted by Crippen LogP contribution is 2.22. The molecule has 15 heavy (non-hydrogen) atoms. The second kappa shape index (κ2) is 3.50. The van der Waals surface area contributed by atoms with Crippen LogP contribution >= 0.6 is 0 Å². The smallest absolute Gasteiger partial charge is 0.152 e. The zero-order valence-corrected chi connectivity index (χ0v) is 9.19. The van der Waals surface area contributed by atoms with Gasteiger partial charge >= 0.3 is 0 Å². The van der Waals surface area contributed by atoms with Gasteiger partial charge in [0, 0.05) is 29.4 Å². The molecule has 0 N–H and O–H groups in total. The Hall–Kier alpha value is -1.64. The maximum Gasteiger partial charge on any atom is 0.152 e. The second-order valence-electron chi connectivity index (χ2n) is 4.09. The van der Waals surface area contributed by atoms with Gasteiger partial charge in [-0.1, -0.05) is 0 Å². The van der Waals surface area contributed by atoms with Gasteiger partial charge in [0.1, 0.15) is 5.65 Å². The van der Waals surface area contributed by atoms with Crippen LogP contribution in [-0.4, -0.2) is 15.8 Å². The lowest BCUT2D eigenvalue weighted by molar-refractivity contribution is 0.112. The second-order valence-corrected chi connectivity index (χ2v) is 4.09. The molecule has 0 aliphatic carbocycles. The molecule has 0 amide bonds. The van der Waals surface area contributed by atoms with Gasteiger partial charge in [-0.15, -0.1) is 0 Å². The molecule has 2 heterocycles. The fraction of sp³-hybridized carbons (Fsp3) is 0.333. The number of aryl methyl sites for hydroxylation is 1. The summed E-state index contributed by atoms with van der Waals surface area (Å²) in [4.78, 5) is 15.3. The van der Waals surface area contributed by atoms with E-state index in [2.05, 4.69) is 18.8 Å². The van der Waals surface area contributed by atoms with Gasteiger partial charge in [0.25, 0.3) is 0 Å². The van der Waals surface area contributed by atoms with Gasteiger partial charge in [0.05, 0.1) is 0 Å². The van der Waals surface area contributed by atoms with Gasteiger partial charge in [-0.25, -0.2) is 4.98 Å². The summed E-state index contributed by atoms with van der Waals surface area (Å²) in [6.07, 6.45) is 4.59. The molecular formula is C12H14N2O. The standard InChI is InChI=1S/C12H14N2O/c1-8(2)14-6-10(7-15)11-4-9(3)5-13-12(11)14/h4-8H,1-3H3. The van der Waals surface area contributed by atoms with Crippen molar-refractivity contribution >= 4 is 17.3 Å². The molecule has 0 unspecified atom stereocenters. The molecule has 0 radical (unpaired) electrons. The molecule has 2 aromatic rings. The van der Waals surface area contributed by atoms with Crippen LogP contribution in [0.3, 0.4) is 0 Å². The van der Waals surface area contributed by atoms with Crippen molar-refractivity contribution < 1.29 is 4.79 Å². The summed E-state index contributed by atoms with van der Waals surface area (Å²) in [5.41, 5.74) is 2.68. The number of fused-ring (bicyclic) bond motifs is 1. The fourth-order valence-electron chi connectivity index (χ4n) is 1.75. The monoisotopic (exact) mass is 202 g/mol. The average molecular weight is 202 g/mol. The SMILES string of the molecule is Cc1cnc2c(c1)c(C=O)cn2C(C)C. The topological polar surface area (TPSA) is 34.9 Å². The summed E-state index contributed by atoms with van der Waals surface area (Å²) in [5, 5.41) is 0.943. The first-order chi connectivity index (χ1) is 7.13. The fourth-order valence-corrected chi connectivity index (χ4v) is 1.75. The predicted octanol–water partition coefficient (Wildman–Crippen LogP) is 2.74. The summed E-state index contributed by atoms with van der Waals surface area (Å²) in [7, 11) is 0. The minimum Gasteiger partial charge on any atom is -0.329 e. The minimum absolute atomic E-state index is 0.316. The molecule has 0 spiro atoms. The van der Waals surface area contributed by atoms with Crippen molar-refractivity contribution in [2.45, 2.75) is 26.8 Å². The molecule has 0 bridgehead atoms. The highest BCUT2D eigenvalue weighted by Gasteiger charge is 2.10. The molecule has 0 aromatic carbocycles. The molecule has 3 heteroatoms. The number of carbonyl (C=O) groups excluding carboxylic acids is 1. The van der Waals surface area contributed by atoms with E-state index in [-0.39, 0.29) is 0 Å². The van der Waals surface area contributed by atoms with Crippen LogP contribution in [0.5, 0.6) is 0 Å². The van der Waals surface area contributed by atoms with Crippen molar-refractivity contribution in [3.05, 3.63) is 29.6 Å². The first-order valence-corrected chi connectivity index (χ1v) is 5.06. The van der Waals surface area contributed by atoms with Gasteiger partial charge in [-0.2, -0.15) is 0 Å². The van der Waals surface area contributed by atoms with Crippen molar-refractivity contribution in [3.63, 3.8) is 0 Å². The number of rotatable bonds is 2. The lowest BCUT2D eigenvalue weighted by atomic mass is 10.2. The van der Waals surface area contributed by atoms with Crippen molar-refractivity contribution in [2.75, 3.05) is 0 Å². The summed E-state index contributed by atoms with van der Waals surface area (Å²) in [6.45, 7) is 6.14. The van der Waals surface area contributed by atoms with Gasteiger partial charge in [-0.05, 0) is 32.4 Å². The third-order valence-corrected chi connectivity index (χ3v) is 2.52. The zero-order valence-electron chi connectivity index (χ0n) is 9.19. The number of nitrogens with zero attached hydrogens (tertiary/aromatic N) is 2. The van der Waals surface area contributed by atoms with E-state index >= 15 is 0 Å². The van der Waals surface area contributed by atoms with Crippen LogP contribution in [0.4, 0.5) is 0 Å². The summed E-state index contributed by atoms with van der Waals surface area (Å²) >= 11 is 0. The van der Waals surface area contributed by atoms with Crippen molar-refractivity contribution in [1.29, 1.82) is 0 Å². The van der Waals surface area contributed by atoms with Gasteiger partial charge < -0.3 is 4.57 Å². The van der Waals surface area contributed by atoms with Crippen molar-refractivity contribution in [2.24, 2.45) is 0 Å². The van der Waals surface area contributed by atoms with E-state index in [1.807, 2.05) is 30.0 Å². The first-order valence-electron chi connectivity index (χ1n) is 5.06. The highest BCUT2D eigenvalue weighted by molar-refractivity contribution is 5.96. The van der Waals surface area contributed by atoms with Crippen LogP contribution in [-0.2, 0) is 0 Å². The van der Waals surface area contributed by atoms with Crippen LogP contribution in [0.15, 0.2) is 18.5 Å². The lowest BCUT2D eigenvalue weighted by Crippen LogP contribution is -1.99. The molecule has 78 valence electrons. The molecule has 0 atom stereocenters. The number of pyridine rings is 1. The Balaban J connectivity index is 2.80. The van der Waals surface area contributed by atoms with Crippen molar-refractivity contribution in [3.8, 4) is 0 Å². The van der Waals surface area contributed by atoms with E-state index in [9.17, 15) is 4.79 Å². The molecule has 2 aromatic heterocycles.